The molecule has 2 amide bonds. The molecule has 0 radical (unpaired) electrons. The van der Waals surface area contributed by atoms with Gasteiger partial charge in [-0.25, -0.2) is 0 Å². The van der Waals surface area contributed by atoms with E-state index in [1.807, 2.05) is 20.8 Å². The van der Waals surface area contributed by atoms with E-state index in [2.05, 4.69) is 108 Å². The number of hydrogen-bond acceptors (Lipinski definition) is 6. The van der Waals surface area contributed by atoms with Crippen LogP contribution in [0.3, 0.4) is 0 Å². The molecule has 0 bridgehead atoms. The van der Waals surface area contributed by atoms with Gasteiger partial charge in [-0.2, -0.15) is 6.67 Å². The van der Waals surface area contributed by atoms with E-state index in [0.717, 1.165) is 18.0 Å². The molecule has 1 atom stereocenters. The molecule has 1 unspecified atom stereocenters. The Morgan fingerprint density at radius 3 is 1.66 bits per heavy atom. The van der Waals surface area contributed by atoms with E-state index in [1.165, 1.54) is 33.6 Å². The van der Waals surface area contributed by atoms with E-state index >= 15 is 0 Å². The van der Waals surface area contributed by atoms with Crippen molar-refractivity contribution >= 4 is 53.1 Å². The van der Waals surface area contributed by atoms with Crippen LogP contribution < -0.4 is 19.4 Å². The second-order valence-electron chi connectivity index (χ2n) is 15.4. The van der Waals surface area contributed by atoms with Crippen molar-refractivity contribution in [2.75, 3.05) is 34.4 Å². The molecule has 1 saturated heterocycles. The zero-order chi connectivity index (χ0) is 39.1. The first-order chi connectivity index (χ1) is 25.1. The molecule has 2 aliphatic rings. The van der Waals surface area contributed by atoms with Gasteiger partial charge in [0.1, 0.15) is 0 Å². The van der Waals surface area contributed by atoms with Crippen LogP contribution in [0.15, 0.2) is 54.6 Å². The predicted octanol–water partition coefficient (Wildman–Crippen LogP) is 11.7. The third kappa shape index (κ3) is 10.2. The predicted molar refractivity (Wildman–Crippen MR) is 220 cm³/mol. The van der Waals surface area contributed by atoms with Crippen LogP contribution in [0.25, 0.3) is 0 Å². The number of hydrogen-bond donors (Lipinski definition) is 0. The average Bonchev–Trinajstić information content (AvgIpc) is 3.59. The van der Waals surface area contributed by atoms with Gasteiger partial charge in [0.25, 0.3) is 0 Å². The molecule has 2 aliphatic heterocycles. The normalized spacial score (nSPS) is 16.0. The van der Waals surface area contributed by atoms with E-state index in [4.69, 9.17) is 28.9 Å². The summed E-state index contributed by atoms with van der Waals surface area (Å²) in [7, 11) is 11.9. The SMILES string of the molecule is CC(C)c1cccc(C(C)C)c1N1[CH-]N(c2c(C(C)C)cccc2C(C)C)CC1.CCC1Oc2c([CH]=[Ru]([Cl])[Cl])cccc2N(C(=O)OCC(C)C)C1=O. The molecule has 2 heterocycles. The standard InChI is InChI=1S/C27H39N2.C16H19NO4.2ClH.Ru/c1-18(2)22-11-9-12-23(19(3)4)26(22)28-15-16-29(17-28)27-24(20(5)6)13-10-14-25(27)21(7)8;1-5-13-15(18)17(16(19)20-9-10(2)3)12-8-6-7-11(4)14(12)21-13;;;/h9-14,17-21H,15-16H2,1-8H3;4,6-8,10,13H,5,9H2,1-3H3;2*1H;/q-1;;;;+2/p-2. The molecule has 0 spiro atoms. The van der Waals surface area contributed by atoms with Gasteiger partial charge in [0.15, 0.2) is 0 Å². The number of benzene rings is 3. The van der Waals surface area contributed by atoms with Crippen LogP contribution in [-0.4, -0.2) is 42.4 Å². The molecular formula is C43H58Cl2N3O4Ru-. The molecule has 3 aromatic carbocycles. The fraction of sp³-hybridized carbons (Fsp3) is 0.488. The van der Waals surface area contributed by atoms with Crippen LogP contribution in [0, 0.1) is 12.6 Å². The number of fused-ring (bicyclic) bond motifs is 1. The van der Waals surface area contributed by atoms with Crippen LogP contribution in [0.5, 0.6) is 5.75 Å². The van der Waals surface area contributed by atoms with Crippen molar-refractivity contribution in [3.05, 3.63) is 89.1 Å². The van der Waals surface area contributed by atoms with Crippen molar-refractivity contribution < 1.29 is 32.6 Å². The zero-order valence-corrected chi connectivity index (χ0v) is 36.5. The second-order valence-corrected chi connectivity index (χ2v) is 21.1. The van der Waals surface area contributed by atoms with Crippen molar-refractivity contribution in [2.45, 2.75) is 112 Å². The number of anilines is 3. The number of nitrogens with zero attached hydrogens (tertiary/aromatic N) is 3. The molecule has 5 rings (SSSR count). The van der Waals surface area contributed by atoms with Gasteiger partial charge in [0.05, 0.1) is 0 Å². The van der Waals surface area contributed by atoms with E-state index in [9.17, 15) is 9.59 Å². The Bertz CT molecular complexity index is 1650. The van der Waals surface area contributed by atoms with Gasteiger partial charge in [0, 0.05) is 24.5 Å². The summed E-state index contributed by atoms with van der Waals surface area (Å²) < 4.78 is 12.8. The number of carbonyl (C=O) groups is 2. The summed E-state index contributed by atoms with van der Waals surface area (Å²) in [6.07, 6.45) is -1.01. The summed E-state index contributed by atoms with van der Waals surface area (Å²) in [5.41, 5.74) is 9.71. The number of amides is 2. The summed E-state index contributed by atoms with van der Waals surface area (Å²) >= 11 is -2.09. The fourth-order valence-electron chi connectivity index (χ4n) is 6.74. The monoisotopic (exact) mass is 852 g/mol. The summed E-state index contributed by atoms with van der Waals surface area (Å²) in [5, 5.41) is 0. The first-order valence-electron chi connectivity index (χ1n) is 18.8. The molecule has 3 aromatic rings. The topological polar surface area (TPSA) is 62.3 Å². The van der Waals surface area contributed by atoms with Crippen molar-refractivity contribution in [1.29, 1.82) is 0 Å². The Balaban J connectivity index is 0.000000241. The minimum absolute atomic E-state index is 0.172. The Hall–Kier alpha value is -2.93. The summed E-state index contributed by atoms with van der Waals surface area (Å²) in [5.74, 6) is 2.24. The molecule has 0 saturated carbocycles. The van der Waals surface area contributed by atoms with E-state index < -0.39 is 31.6 Å². The molecule has 0 N–H and O–H groups in total. The van der Waals surface area contributed by atoms with E-state index in [1.54, 1.807) is 22.8 Å². The maximum atomic E-state index is 12.6. The first-order valence-corrected chi connectivity index (χ1v) is 24.3. The quantitative estimate of drug-likeness (QED) is 0.150. The third-order valence-corrected chi connectivity index (χ3v) is 11.3. The fourth-order valence-corrected chi connectivity index (χ4v) is 8.53. The number of para-hydroxylation sites is 3. The summed E-state index contributed by atoms with van der Waals surface area (Å²) in [6, 6.07) is 18.9. The van der Waals surface area contributed by atoms with Crippen molar-refractivity contribution in [3.8, 4) is 5.75 Å². The van der Waals surface area contributed by atoms with Crippen molar-refractivity contribution in [2.24, 2.45) is 5.92 Å². The van der Waals surface area contributed by atoms with Crippen LogP contribution in [0.1, 0.15) is 134 Å². The number of carbonyl (C=O) groups excluding carboxylic acids is 2. The molecule has 0 aliphatic carbocycles. The van der Waals surface area contributed by atoms with Crippen molar-refractivity contribution in [3.63, 3.8) is 0 Å². The van der Waals surface area contributed by atoms with Crippen LogP contribution in [0.2, 0.25) is 0 Å². The molecule has 7 nitrogen and oxygen atoms in total. The molecule has 53 heavy (non-hydrogen) atoms. The van der Waals surface area contributed by atoms with Gasteiger partial charge < -0.3 is 9.80 Å². The molecule has 0 aromatic heterocycles. The number of halogens is 2. The van der Waals surface area contributed by atoms with Crippen molar-refractivity contribution in [1.82, 2.24) is 0 Å². The Morgan fingerprint density at radius 1 is 0.811 bits per heavy atom. The van der Waals surface area contributed by atoms with Gasteiger partial charge in [0.2, 0.25) is 0 Å². The summed E-state index contributed by atoms with van der Waals surface area (Å²) in [6.45, 7) is 28.8. The minimum atomic E-state index is -2.09. The third-order valence-electron chi connectivity index (χ3n) is 9.42. The zero-order valence-electron chi connectivity index (χ0n) is 33.2. The first kappa shape index (κ1) is 42.8. The van der Waals surface area contributed by atoms with Gasteiger partial charge in [-0.05, 0) is 45.9 Å². The van der Waals surface area contributed by atoms with Gasteiger partial charge in [-0.15, -0.1) is 0 Å². The van der Waals surface area contributed by atoms with Gasteiger partial charge in [-0.3, -0.25) is 0 Å². The van der Waals surface area contributed by atoms with E-state index in [-0.39, 0.29) is 12.5 Å². The summed E-state index contributed by atoms with van der Waals surface area (Å²) in [4.78, 5) is 31.1. The second kappa shape index (κ2) is 19.1. The Kier molecular flexibility index (Phi) is 15.4. The Morgan fingerprint density at radius 2 is 1.26 bits per heavy atom. The van der Waals surface area contributed by atoms with Crippen LogP contribution in [-0.2, 0) is 23.0 Å². The number of ether oxygens (including phenoxy) is 2. The maximum absolute atomic E-state index is 12.6. The molecular weight excluding hydrogens is 794 g/mol. The Labute approximate surface area is 331 Å². The molecule has 292 valence electrons. The molecule has 1 fully saturated rings. The van der Waals surface area contributed by atoms with Crippen LogP contribution in [0.4, 0.5) is 21.9 Å². The number of rotatable bonds is 10. The molecule has 10 heteroatoms. The average molecular weight is 853 g/mol. The van der Waals surface area contributed by atoms with E-state index in [0.29, 0.717) is 47.1 Å². The van der Waals surface area contributed by atoms with Gasteiger partial charge in [-0.1, -0.05) is 91.8 Å². The van der Waals surface area contributed by atoms with Gasteiger partial charge >= 0.3 is 154 Å². The number of imide groups is 1. The van der Waals surface area contributed by atoms with Crippen LogP contribution >= 0.6 is 19.4 Å².